The number of guanidine groups is 1. The molecule has 1 aromatic carbocycles. The lowest BCUT2D eigenvalue weighted by molar-refractivity contribution is 0.0170. The van der Waals surface area contributed by atoms with Crippen molar-refractivity contribution in [3.63, 3.8) is 0 Å². The maximum absolute atomic E-state index is 5.53. The van der Waals surface area contributed by atoms with Crippen LogP contribution in [0.5, 0.6) is 5.75 Å². The van der Waals surface area contributed by atoms with Crippen molar-refractivity contribution in [3.05, 3.63) is 29.8 Å². The van der Waals surface area contributed by atoms with Gasteiger partial charge in [0, 0.05) is 33.2 Å². The zero-order valence-corrected chi connectivity index (χ0v) is 17.2. The molecule has 2 N–H and O–H groups in total. The van der Waals surface area contributed by atoms with Crippen molar-refractivity contribution in [3.8, 4) is 5.75 Å². The smallest absolute Gasteiger partial charge is 0.191 e. The van der Waals surface area contributed by atoms with Crippen LogP contribution in [0.4, 0.5) is 0 Å². The van der Waals surface area contributed by atoms with Crippen molar-refractivity contribution in [2.45, 2.75) is 12.5 Å². The molecule has 1 aliphatic heterocycles. The summed E-state index contributed by atoms with van der Waals surface area (Å²) in [4.78, 5) is 9.02. The van der Waals surface area contributed by atoms with E-state index in [-0.39, 0.29) is 6.04 Å². The maximum Gasteiger partial charge on any atom is 0.191 e. The Morgan fingerprint density at radius 1 is 1.22 bits per heavy atom. The van der Waals surface area contributed by atoms with Crippen molar-refractivity contribution in [1.82, 2.24) is 20.4 Å². The molecule has 0 saturated carbocycles. The molecule has 152 valence electrons. The van der Waals surface area contributed by atoms with Gasteiger partial charge in [-0.15, -0.1) is 0 Å². The van der Waals surface area contributed by atoms with Gasteiger partial charge in [0.05, 0.1) is 26.4 Å². The molecule has 1 fully saturated rings. The summed E-state index contributed by atoms with van der Waals surface area (Å²) >= 11 is 0. The third-order valence-electron chi connectivity index (χ3n) is 4.75. The Balaban J connectivity index is 1.96. The average molecular weight is 378 g/mol. The second-order valence-electron chi connectivity index (χ2n) is 6.97. The summed E-state index contributed by atoms with van der Waals surface area (Å²) in [6, 6.07) is 8.61. The molecular formula is C20H35N5O2. The Morgan fingerprint density at radius 3 is 2.52 bits per heavy atom. The quantitative estimate of drug-likeness (QED) is 0.383. The van der Waals surface area contributed by atoms with Crippen LogP contribution < -0.4 is 15.4 Å². The second kappa shape index (κ2) is 11.8. The van der Waals surface area contributed by atoms with Crippen LogP contribution in [0.1, 0.15) is 18.0 Å². The highest BCUT2D eigenvalue weighted by atomic mass is 16.5. The number of aliphatic imine (C=N–C) groups is 1. The highest BCUT2D eigenvalue weighted by Crippen LogP contribution is 2.23. The SMILES string of the molecule is CN=C(NCCCN(C)C)NCC(c1ccc(OC)cc1)N1CCOCC1. The van der Waals surface area contributed by atoms with Gasteiger partial charge < -0.3 is 25.0 Å². The highest BCUT2D eigenvalue weighted by Gasteiger charge is 2.23. The van der Waals surface area contributed by atoms with Gasteiger partial charge >= 0.3 is 0 Å². The van der Waals surface area contributed by atoms with Crippen molar-refractivity contribution in [1.29, 1.82) is 0 Å². The lowest BCUT2D eigenvalue weighted by Crippen LogP contribution is -2.46. The molecule has 1 atom stereocenters. The standard InChI is InChI=1S/C20H35N5O2/c1-21-20(22-10-5-11-24(2)3)23-16-19(25-12-14-27-15-13-25)17-6-8-18(26-4)9-7-17/h6-9,19H,5,10-16H2,1-4H3,(H2,21,22,23). The molecule has 1 aromatic rings. The normalized spacial score (nSPS) is 17.0. The van der Waals surface area contributed by atoms with Crippen LogP contribution in [-0.4, -0.2) is 89.9 Å². The molecule has 0 radical (unpaired) electrons. The minimum Gasteiger partial charge on any atom is -0.497 e. The largest absolute Gasteiger partial charge is 0.497 e. The minimum absolute atomic E-state index is 0.264. The molecule has 0 bridgehead atoms. The summed E-state index contributed by atoms with van der Waals surface area (Å²) in [5.41, 5.74) is 1.27. The molecule has 7 heteroatoms. The van der Waals surface area contributed by atoms with E-state index in [4.69, 9.17) is 9.47 Å². The van der Waals surface area contributed by atoms with E-state index in [0.29, 0.717) is 0 Å². The van der Waals surface area contributed by atoms with E-state index in [9.17, 15) is 0 Å². The first-order chi connectivity index (χ1) is 13.1. The topological polar surface area (TPSA) is 61.4 Å². The number of rotatable bonds is 9. The third-order valence-corrected chi connectivity index (χ3v) is 4.75. The van der Waals surface area contributed by atoms with E-state index in [1.54, 1.807) is 7.11 Å². The average Bonchev–Trinajstić information content (AvgIpc) is 2.70. The van der Waals surface area contributed by atoms with E-state index in [2.05, 4.69) is 51.7 Å². The minimum atomic E-state index is 0.264. The fourth-order valence-electron chi connectivity index (χ4n) is 3.19. The predicted octanol–water partition coefficient (Wildman–Crippen LogP) is 1.19. The van der Waals surface area contributed by atoms with Crippen molar-refractivity contribution < 1.29 is 9.47 Å². The molecule has 0 aromatic heterocycles. The number of hydrogen-bond acceptors (Lipinski definition) is 5. The molecule has 27 heavy (non-hydrogen) atoms. The van der Waals surface area contributed by atoms with Crippen LogP contribution in [0, 0.1) is 0 Å². The number of morpholine rings is 1. The number of nitrogens with one attached hydrogen (secondary N) is 2. The fourth-order valence-corrected chi connectivity index (χ4v) is 3.19. The Labute approximate surface area is 163 Å². The summed E-state index contributed by atoms with van der Waals surface area (Å²) in [7, 11) is 7.70. The summed E-state index contributed by atoms with van der Waals surface area (Å²) < 4.78 is 10.8. The van der Waals surface area contributed by atoms with Crippen LogP contribution in [0.25, 0.3) is 0 Å². The van der Waals surface area contributed by atoms with E-state index in [0.717, 1.165) is 64.1 Å². The molecule has 2 rings (SSSR count). The fraction of sp³-hybridized carbons (Fsp3) is 0.650. The molecule has 1 unspecified atom stereocenters. The molecule has 0 amide bonds. The van der Waals surface area contributed by atoms with Gasteiger partial charge in [-0.05, 0) is 44.8 Å². The van der Waals surface area contributed by atoms with Gasteiger partial charge in [-0.25, -0.2) is 0 Å². The lowest BCUT2D eigenvalue weighted by Gasteiger charge is -2.35. The van der Waals surface area contributed by atoms with Crippen molar-refractivity contribution in [2.75, 3.05) is 74.2 Å². The molecule has 0 aliphatic carbocycles. The van der Waals surface area contributed by atoms with Gasteiger partial charge in [-0.2, -0.15) is 0 Å². The summed E-state index contributed by atoms with van der Waals surface area (Å²) in [5, 5.41) is 6.90. The van der Waals surface area contributed by atoms with Gasteiger partial charge in [0.15, 0.2) is 5.96 Å². The molecule has 1 heterocycles. The van der Waals surface area contributed by atoms with E-state index < -0.39 is 0 Å². The molecular weight excluding hydrogens is 342 g/mol. The Kier molecular flexibility index (Phi) is 9.38. The Morgan fingerprint density at radius 2 is 1.93 bits per heavy atom. The monoisotopic (exact) mass is 377 g/mol. The summed E-state index contributed by atoms with van der Waals surface area (Å²) in [6.45, 7) is 6.20. The second-order valence-corrected chi connectivity index (χ2v) is 6.97. The van der Waals surface area contributed by atoms with E-state index in [1.807, 2.05) is 19.2 Å². The lowest BCUT2D eigenvalue weighted by atomic mass is 10.0. The van der Waals surface area contributed by atoms with Gasteiger partial charge in [-0.3, -0.25) is 9.89 Å². The summed E-state index contributed by atoms with van der Waals surface area (Å²) in [5.74, 6) is 1.73. The third kappa shape index (κ3) is 7.36. The predicted molar refractivity (Wildman–Crippen MR) is 111 cm³/mol. The first kappa shape index (κ1) is 21.5. The number of hydrogen-bond donors (Lipinski definition) is 2. The van der Waals surface area contributed by atoms with E-state index in [1.165, 1.54) is 5.56 Å². The van der Waals surface area contributed by atoms with Crippen LogP contribution in [0.15, 0.2) is 29.3 Å². The molecule has 1 saturated heterocycles. The molecule has 1 aliphatic rings. The Hall–Kier alpha value is -1.83. The first-order valence-electron chi connectivity index (χ1n) is 9.69. The van der Waals surface area contributed by atoms with Crippen LogP contribution in [-0.2, 0) is 4.74 Å². The van der Waals surface area contributed by atoms with Gasteiger partial charge in [0.2, 0.25) is 0 Å². The zero-order chi connectivity index (χ0) is 19.5. The van der Waals surface area contributed by atoms with Crippen LogP contribution in [0.2, 0.25) is 0 Å². The Bertz CT molecular complexity index is 556. The first-order valence-corrected chi connectivity index (χ1v) is 9.69. The van der Waals surface area contributed by atoms with Gasteiger partial charge in [0.1, 0.15) is 5.75 Å². The van der Waals surface area contributed by atoms with Gasteiger partial charge in [-0.1, -0.05) is 12.1 Å². The molecule has 0 spiro atoms. The number of methoxy groups -OCH3 is 1. The van der Waals surface area contributed by atoms with Crippen molar-refractivity contribution >= 4 is 5.96 Å². The van der Waals surface area contributed by atoms with Crippen LogP contribution >= 0.6 is 0 Å². The zero-order valence-electron chi connectivity index (χ0n) is 17.2. The number of nitrogens with zero attached hydrogens (tertiary/aromatic N) is 3. The highest BCUT2D eigenvalue weighted by molar-refractivity contribution is 5.79. The number of benzene rings is 1. The molecule has 7 nitrogen and oxygen atoms in total. The van der Waals surface area contributed by atoms with Gasteiger partial charge in [0.25, 0.3) is 0 Å². The van der Waals surface area contributed by atoms with Crippen LogP contribution in [0.3, 0.4) is 0 Å². The maximum atomic E-state index is 5.53. The number of ether oxygens (including phenoxy) is 2. The van der Waals surface area contributed by atoms with E-state index >= 15 is 0 Å². The van der Waals surface area contributed by atoms with Crippen molar-refractivity contribution in [2.24, 2.45) is 4.99 Å². The summed E-state index contributed by atoms with van der Waals surface area (Å²) in [6.07, 6.45) is 1.08.